The Hall–Kier alpha value is -0.120. The summed E-state index contributed by atoms with van der Waals surface area (Å²) < 4.78 is 1.29. The molecule has 0 bridgehead atoms. The maximum atomic E-state index is 4.15. The Kier molecular flexibility index (Phi) is 4.35. The third-order valence-electron chi connectivity index (χ3n) is 3.00. The summed E-state index contributed by atoms with van der Waals surface area (Å²) >= 11 is 2.39. The molecule has 1 unspecified atom stereocenters. The molecule has 0 aromatic carbocycles. The fourth-order valence-corrected chi connectivity index (χ4v) is 2.91. The molecule has 1 heterocycles. The highest BCUT2D eigenvalue weighted by atomic mass is 127. The van der Waals surface area contributed by atoms with Crippen LogP contribution in [0.3, 0.4) is 0 Å². The summed E-state index contributed by atoms with van der Waals surface area (Å²) in [5.41, 5.74) is 1.78. The second-order valence-corrected chi connectivity index (χ2v) is 5.18. The maximum Gasteiger partial charge on any atom is 0.0404 e. The predicted octanol–water partition coefficient (Wildman–Crippen LogP) is 4.15. The highest BCUT2D eigenvalue weighted by molar-refractivity contribution is 14.1. The molecule has 0 spiro atoms. The SMILES string of the molecule is CCCC(C)(CC)c1ccncc1I. The van der Waals surface area contributed by atoms with Gasteiger partial charge in [-0.2, -0.15) is 0 Å². The van der Waals surface area contributed by atoms with Gasteiger partial charge in [-0.1, -0.05) is 27.2 Å². The number of aromatic nitrogens is 1. The largest absolute Gasteiger partial charge is 0.264 e. The van der Waals surface area contributed by atoms with E-state index < -0.39 is 0 Å². The van der Waals surface area contributed by atoms with Gasteiger partial charge in [-0.25, -0.2) is 0 Å². The van der Waals surface area contributed by atoms with Crippen molar-refractivity contribution in [1.82, 2.24) is 4.98 Å². The van der Waals surface area contributed by atoms with Crippen LogP contribution >= 0.6 is 22.6 Å². The lowest BCUT2D eigenvalue weighted by molar-refractivity contribution is 0.411. The normalized spacial score (nSPS) is 15.1. The molecule has 0 saturated carbocycles. The van der Waals surface area contributed by atoms with Gasteiger partial charge in [0.2, 0.25) is 0 Å². The monoisotopic (exact) mass is 303 g/mol. The molecule has 0 aliphatic carbocycles. The number of rotatable bonds is 4. The van der Waals surface area contributed by atoms with Gasteiger partial charge in [0, 0.05) is 16.0 Å². The van der Waals surface area contributed by atoms with Crippen molar-refractivity contribution in [2.45, 2.75) is 45.4 Å². The summed E-state index contributed by atoms with van der Waals surface area (Å²) in [6.07, 6.45) is 7.55. The number of hydrogen-bond acceptors (Lipinski definition) is 1. The van der Waals surface area contributed by atoms with Crippen molar-refractivity contribution in [3.63, 3.8) is 0 Å². The minimum atomic E-state index is 0.328. The van der Waals surface area contributed by atoms with E-state index in [0.717, 1.165) is 0 Å². The van der Waals surface area contributed by atoms with Crippen molar-refractivity contribution in [2.75, 3.05) is 0 Å². The Balaban J connectivity index is 3.05. The van der Waals surface area contributed by atoms with E-state index in [1.54, 1.807) is 0 Å². The molecule has 2 heteroatoms. The second-order valence-electron chi connectivity index (χ2n) is 4.02. The Labute approximate surface area is 100 Å². The van der Waals surface area contributed by atoms with Crippen molar-refractivity contribution >= 4 is 22.6 Å². The topological polar surface area (TPSA) is 12.9 Å². The van der Waals surface area contributed by atoms with Crippen molar-refractivity contribution in [3.8, 4) is 0 Å². The van der Waals surface area contributed by atoms with Crippen LogP contribution in [-0.4, -0.2) is 4.98 Å². The van der Waals surface area contributed by atoms with Gasteiger partial charge in [0.25, 0.3) is 0 Å². The van der Waals surface area contributed by atoms with E-state index in [9.17, 15) is 0 Å². The molecule has 1 aromatic heterocycles. The number of halogens is 1. The van der Waals surface area contributed by atoms with E-state index in [4.69, 9.17) is 0 Å². The molecule has 0 N–H and O–H groups in total. The van der Waals surface area contributed by atoms with Crippen molar-refractivity contribution in [3.05, 3.63) is 27.6 Å². The molecule has 14 heavy (non-hydrogen) atoms. The third-order valence-corrected chi connectivity index (χ3v) is 3.86. The van der Waals surface area contributed by atoms with Gasteiger partial charge in [0.1, 0.15) is 0 Å². The van der Waals surface area contributed by atoms with E-state index in [0.29, 0.717) is 5.41 Å². The third kappa shape index (κ3) is 2.47. The smallest absolute Gasteiger partial charge is 0.0404 e. The van der Waals surface area contributed by atoms with Gasteiger partial charge >= 0.3 is 0 Å². The van der Waals surface area contributed by atoms with Gasteiger partial charge in [0.15, 0.2) is 0 Å². The van der Waals surface area contributed by atoms with Gasteiger partial charge < -0.3 is 0 Å². The van der Waals surface area contributed by atoms with E-state index in [-0.39, 0.29) is 0 Å². The molecule has 1 nitrogen and oxygen atoms in total. The van der Waals surface area contributed by atoms with Crippen LogP contribution in [0.5, 0.6) is 0 Å². The van der Waals surface area contributed by atoms with Crippen molar-refractivity contribution < 1.29 is 0 Å². The highest BCUT2D eigenvalue weighted by Gasteiger charge is 2.25. The van der Waals surface area contributed by atoms with Crippen LogP contribution in [-0.2, 0) is 5.41 Å². The zero-order chi connectivity index (χ0) is 10.6. The number of pyridine rings is 1. The number of hydrogen-bond donors (Lipinski definition) is 0. The fraction of sp³-hybridized carbons (Fsp3) is 0.583. The molecule has 0 fully saturated rings. The molecule has 0 aliphatic rings. The molecule has 0 radical (unpaired) electrons. The molecule has 78 valence electrons. The maximum absolute atomic E-state index is 4.15. The second kappa shape index (κ2) is 5.10. The zero-order valence-electron chi connectivity index (χ0n) is 9.18. The molecule has 0 amide bonds. The first-order valence-electron chi connectivity index (χ1n) is 5.24. The van der Waals surface area contributed by atoms with Crippen LogP contribution in [0.1, 0.15) is 45.6 Å². The van der Waals surface area contributed by atoms with Crippen LogP contribution in [0.4, 0.5) is 0 Å². The number of nitrogens with zero attached hydrogens (tertiary/aromatic N) is 1. The first-order valence-corrected chi connectivity index (χ1v) is 6.32. The molecule has 1 atom stereocenters. The summed E-state index contributed by atoms with van der Waals surface area (Å²) in [5.74, 6) is 0. The molecule has 0 saturated heterocycles. The van der Waals surface area contributed by atoms with Crippen molar-refractivity contribution in [2.24, 2.45) is 0 Å². The zero-order valence-corrected chi connectivity index (χ0v) is 11.3. The van der Waals surface area contributed by atoms with E-state index in [2.05, 4.69) is 54.4 Å². The fourth-order valence-electron chi connectivity index (χ4n) is 1.92. The summed E-state index contributed by atoms with van der Waals surface area (Å²) in [6.45, 7) is 6.88. The quantitative estimate of drug-likeness (QED) is 0.761. The molecular formula is C12H18IN. The molecule has 1 aromatic rings. The molecular weight excluding hydrogens is 285 g/mol. The van der Waals surface area contributed by atoms with Gasteiger partial charge in [0.05, 0.1) is 0 Å². The highest BCUT2D eigenvalue weighted by Crippen LogP contribution is 2.34. The summed E-state index contributed by atoms with van der Waals surface area (Å²) in [4.78, 5) is 4.15. The summed E-state index contributed by atoms with van der Waals surface area (Å²) in [5, 5.41) is 0. The standard InChI is InChI=1S/C12H18IN/c1-4-7-12(3,5-2)10-6-8-14-9-11(10)13/h6,8-9H,4-5,7H2,1-3H3. The Morgan fingerprint density at radius 2 is 2.14 bits per heavy atom. The summed E-state index contributed by atoms with van der Waals surface area (Å²) in [6, 6.07) is 2.17. The lowest BCUT2D eigenvalue weighted by atomic mass is 9.77. The van der Waals surface area contributed by atoms with E-state index in [1.807, 2.05) is 12.4 Å². The van der Waals surface area contributed by atoms with Crippen LogP contribution < -0.4 is 0 Å². The van der Waals surface area contributed by atoms with Crippen LogP contribution in [0.25, 0.3) is 0 Å². The first kappa shape index (κ1) is 12.0. The van der Waals surface area contributed by atoms with Crippen molar-refractivity contribution in [1.29, 1.82) is 0 Å². The van der Waals surface area contributed by atoms with Crippen LogP contribution in [0.2, 0.25) is 0 Å². The van der Waals surface area contributed by atoms with Crippen LogP contribution in [0, 0.1) is 3.57 Å². The lowest BCUT2D eigenvalue weighted by Gasteiger charge is -2.29. The van der Waals surface area contributed by atoms with Gasteiger partial charge in [-0.3, -0.25) is 4.98 Å². The Morgan fingerprint density at radius 1 is 1.43 bits per heavy atom. The van der Waals surface area contributed by atoms with E-state index >= 15 is 0 Å². The van der Waals surface area contributed by atoms with Gasteiger partial charge in [-0.15, -0.1) is 0 Å². The van der Waals surface area contributed by atoms with Gasteiger partial charge in [-0.05, 0) is 52.5 Å². The molecule has 1 rings (SSSR count). The average molecular weight is 303 g/mol. The lowest BCUT2D eigenvalue weighted by Crippen LogP contribution is -2.21. The molecule has 0 aliphatic heterocycles. The first-order chi connectivity index (χ1) is 6.64. The Morgan fingerprint density at radius 3 is 2.64 bits per heavy atom. The predicted molar refractivity (Wildman–Crippen MR) is 69.5 cm³/mol. The van der Waals surface area contributed by atoms with Crippen LogP contribution in [0.15, 0.2) is 18.5 Å². The minimum absolute atomic E-state index is 0.328. The summed E-state index contributed by atoms with van der Waals surface area (Å²) in [7, 11) is 0. The van der Waals surface area contributed by atoms with E-state index in [1.165, 1.54) is 28.4 Å². The Bertz CT molecular complexity index is 298. The minimum Gasteiger partial charge on any atom is -0.264 e. The average Bonchev–Trinajstić information content (AvgIpc) is 2.18.